The molecule has 1 aromatic carbocycles. The monoisotopic (exact) mass is 333 g/mol. The molecule has 0 saturated carbocycles. The van der Waals surface area contributed by atoms with Gasteiger partial charge in [-0.2, -0.15) is 0 Å². The van der Waals surface area contributed by atoms with Crippen molar-refractivity contribution >= 4 is 40.3 Å². The molecule has 1 aliphatic heterocycles. The van der Waals surface area contributed by atoms with Crippen molar-refractivity contribution in [3.8, 4) is 11.5 Å². The Labute approximate surface area is 135 Å². The topological polar surface area (TPSA) is 73.9 Å². The van der Waals surface area contributed by atoms with E-state index in [-0.39, 0.29) is 24.0 Å². The van der Waals surface area contributed by atoms with E-state index >= 15 is 0 Å². The molecule has 2 N–H and O–H groups in total. The maximum Gasteiger partial charge on any atom is 0.266 e. The largest absolute Gasteiger partial charge is 0.504 e. The zero-order chi connectivity index (χ0) is 15.7. The molecule has 2 heterocycles. The van der Waals surface area contributed by atoms with E-state index < -0.39 is 0 Å². The van der Waals surface area contributed by atoms with Gasteiger partial charge in [0.15, 0.2) is 11.5 Å². The maximum absolute atomic E-state index is 12.4. The van der Waals surface area contributed by atoms with Gasteiger partial charge in [0.05, 0.1) is 17.7 Å². The molecule has 0 spiro atoms. The molecule has 0 bridgehead atoms. The number of aromatic hydroxyl groups is 2. The minimum atomic E-state index is -0.265. The molecule has 2 aromatic rings. The van der Waals surface area contributed by atoms with E-state index in [1.807, 2.05) is 0 Å². The van der Waals surface area contributed by atoms with E-state index in [2.05, 4.69) is 0 Å². The summed E-state index contributed by atoms with van der Waals surface area (Å²) in [6.07, 6.45) is 3.05. The van der Waals surface area contributed by atoms with Gasteiger partial charge in [-0.3, -0.25) is 9.69 Å². The van der Waals surface area contributed by atoms with Crippen molar-refractivity contribution in [3.63, 3.8) is 0 Å². The Bertz CT molecular complexity index is 768. The van der Waals surface area contributed by atoms with Crippen molar-refractivity contribution in [2.24, 2.45) is 0 Å². The average molecular weight is 333 g/mol. The molecular formula is C15H11NO4S2. The van der Waals surface area contributed by atoms with Crippen molar-refractivity contribution in [2.75, 3.05) is 0 Å². The molecule has 1 aromatic heterocycles. The molecule has 112 valence electrons. The highest BCUT2D eigenvalue weighted by Crippen LogP contribution is 2.36. The van der Waals surface area contributed by atoms with Crippen LogP contribution in [0.25, 0.3) is 6.08 Å². The lowest BCUT2D eigenvalue weighted by molar-refractivity contribution is -0.122. The van der Waals surface area contributed by atoms with Gasteiger partial charge in [0.25, 0.3) is 5.91 Å². The van der Waals surface area contributed by atoms with Crippen molar-refractivity contribution in [3.05, 3.63) is 52.8 Å². The van der Waals surface area contributed by atoms with E-state index in [1.54, 1.807) is 24.3 Å². The smallest absolute Gasteiger partial charge is 0.266 e. The zero-order valence-corrected chi connectivity index (χ0v) is 12.9. The minimum absolute atomic E-state index is 0.236. The van der Waals surface area contributed by atoms with Gasteiger partial charge in [-0.15, -0.1) is 0 Å². The number of thioether (sulfide) groups is 1. The molecule has 1 aliphatic rings. The van der Waals surface area contributed by atoms with Crippen LogP contribution >= 0.6 is 24.0 Å². The highest BCUT2D eigenvalue weighted by molar-refractivity contribution is 8.26. The van der Waals surface area contributed by atoms with Crippen LogP contribution in [-0.2, 0) is 11.3 Å². The fourth-order valence-electron chi connectivity index (χ4n) is 2.00. The second-order valence-corrected chi connectivity index (χ2v) is 6.24. The van der Waals surface area contributed by atoms with E-state index in [4.69, 9.17) is 16.6 Å². The summed E-state index contributed by atoms with van der Waals surface area (Å²) in [5, 5.41) is 19.3. The van der Waals surface area contributed by atoms with Crippen molar-refractivity contribution < 1.29 is 19.4 Å². The molecular weight excluding hydrogens is 322 g/mol. The first-order chi connectivity index (χ1) is 10.6. The maximum atomic E-state index is 12.4. The summed E-state index contributed by atoms with van der Waals surface area (Å²) in [5.74, 6) is -0.120. The molecule has 5 nitrogen and oxygen atoms in total. The second kappa shape index (κ2) is 5.86. The third-order valence-corrected chi connectivity index (χ3v) is 4.48. The zero-order valence-electron chi connectivity index (χ0n) is 11.2. The second-order valence-electron chi connectivity index (χ2n) is 4.56. The molecule has 0 aliphatic carbocycles. The van der Waals surface area contributed by atoms with Crippen LogP contribution in [-0.4, -0.2) is 25.3 Å². The lowest BCUT2D eigenvalue weighted by Crippen LogP contribution is -2.27. The van der Waals surface area contributed by atoms with Crippen LogP contribution in [0, 0.1) is 0 Å². The lowest BCUT2D eigenvalue weighted by Gasteiger charge is -2.12. The van der Waals surface area contributed by atoms with Gasteiger partial charge in [-0.05, 0) is 24.3 Å². The number of rotatable bonds is 3. The molecule has 0 unspecified atom stereocenters. The minimum Gasteiger partial charge on any atom is -0.504 e. The number of para-hydroxylation sites is 1. The first-order valence-electron chi connectivity index (χ1n) is 6.35. The van der Waals surface area contributed by atoms with Crippen LogP contribution in [0.1, 0.15) is 11.3 Å². The van der Waals surface area contributed by atoms with Crippen LogP contribution < -0.4 is 0 Å². The first kappa shape index (κ1) is 14.7. The highest BCUT2D eigenvalue weighted by atomic mass is 32.2. The number of amides is 1. The molecule has 0 atom stereocenters. The lowest BCUT2D eigenvalue weighted by atomic mass is 10.1. The van der Waals surface area contributed by atoms with Crippen LogP contribution in [0.4, 0.5) is 0 Å². The SMILES string of the molecule is O=C1/C(=C\c2cccc(O)c2O)SC(=S)N1Cc1ccco1. The third kappa shape index (κ3) is 2.72. The van der Waals surface area contributed by atoms with Gasteiger partial charge in [-0.1, -0.05) is 36.1 Å². The number of hydrogen-bond acceptors (Lipinski definition) is 6. The summed E-state index contributed by atoms with van der Waals surface area (Å²) in [6.45, 7) is 0.265. The summed E-state index contributed by atoms with van der Waals surface area (Å²) in [5.41, 5.74) is 0.360. The van der Waals surface area contributed by atoms with E-state index in [1.165, 1.54) is 23.3 Å². The molecule has 7 heteroatoms. The van der Waals surface area contributed by atoms with Crippen LogP contribution in [0.2, 0.25) is 0 Å². The van der Waals surface area contributed by atoms with Gasteiger partial charge >= 0.3 is 0 Å². The number of carbonyl (C=O) groups excluding carboxylic acids is 1. The molecule has 1 amide bonds. The number of furan rings is 1. The van der Waals surface area contributed by atoms with Crippen molar-refractivity contribution in [1.82, 2.24) is 4.90 Å². The molecule has 22 heavy (non-hydrogen) atoms. The Morgan fingerprint density at radius 2 is 2.09 bits per heavy atom. The predicted octanol–water partition coefficient (Wildman–Crippen LogP) is 3.09. The van der Waals surface area contributed by atoms with Crippen LogP contribution in [0.15, 0.2) is 45.9 Å². The standard InChI is InChI=1S/C15H11NO4S2/c17-11-5-1-3-9(13(11)18)7-12-14(19)16(15(21)22-12)8-10-4-2-6-20-10/h1-7,17-18H,8H2/b12-7+. The number of benzene rings is 1. The summed E-state index contributed by atoms with van der Waals surface area (Å²) in [7, 11) is 0. The number of phenolic OH excluding ortho intramolecular Hbond substituents is 2. The molecule has 1 fully saturated rings. The quantitative estimate of drug-likeness (QED) is 0.511. The first-order valence-corrected chi connectivity index (χ1v) is 7.57. The number of thiocarbonyl (C=S) groups is 1. The highest BCUT2D eigenvalue weighted by Gasteiger charge is 2.32. The fraction of sp³-hybridized carbons (Fsp3) is 0.0667. The molecule has 0 radical (unpaired) electrons. The number of nitrogens with zero attached hydrogens (tertiary/aromatic N) is 1. The summed E-state index contributed by atoms with van der Waals surface area (Å²) < 4.78 is 5.65. The van der Waals surface area contributed by atoms with Gasteiger partial charge in [0.2, 0.25) is 0 Å². The van der Waals surface area contributed by atoms with E-state index in [9.17, 15) is 15.0 Å². The Balaban J connectivity index is 1.87. The Morgan fingerprint density at radius 3 is 2.82 bits per heavy atom. The van der Waals surface area contributed by atoms with E-state index in [0.717, 1.165) is 11.8 Å². The van der Waals surface area contributed by atoms with Crippen LogP contribution in [0.5, 0.6) is 11.5 Å². The number of carbonyl (C=O) groups is 1. The van der Waals surface area contributed by atoms with Crippen LogP contribution in [0.3, 0.4) is 0 Å². The van der Waals surface area contributed by atoms with Crippen molar-refractivity contribution in [2.45, 2.75) is 6.54 Å². The predicted molar refractivity (Wildman–Crippen MR) is 87.2 cm³/mol. The Kier molecular flexibility index (Phi) is 3.91. The summed E-state index contributed by atoms with van der Waals surface area (Å²) in [4.78, 5) is 14.2. The van der Waals surface area contributed by atoms with Gasteiger partial charge in [-0.25, -0.2) is 0 Å². The molecule has 3 rings (SSSR count). The number of phenols is 2. The Hall–Kier alpha value is -2.25. The number of hydrogen-bond donors (Lipinski definition) is 2. The normalized spacial score (nSPS) is 16.7. The fourth-order valence-corrected chi connectivity index (χ4v) is 3.25. The van der Waals surface area contributed by atoms with Gasteiger partial charge in [0.1, 0.15) is 10.1 Å². The van der Waals surface area contributed by atoms with E-state index in [0.29, 0.717) is 20.5 Å². The average Bonchev–Trinajstić information content (AvgIpc) is 3.08. The third-order valence-electron chi connectivity index (χ3n) is 3.10. The Morgan fingerprint density at radius 1 is 1.27 bits per heavy atom. The molecule has 1 saturated heterocycles. The van der Waals surface area contributed by atoms with Gasteiger partial charge in [0, 0.05) is 5.56 Å². The summed E-state index contributed by atoms with van der Waals surface area (Å²) >= 11 is 6.36. The summed E-state index contributed by atoms with van der Waals surface area (Å²) in [6, 6.07) is 8.07. The van der Waals surface area contributed by atoms with Gasteiger partial charge < -0.3 is 14.6 Å². The van der Waals surface area contributed by atoms with Crippen molar-refractivity contribution in [1.29, 1.82) is 0 Å².